The SMILES string of the molecule is COC(=O)[CH]c1ccc(-c2ccccc2)cc1. The molecule has 0 saturated carbocycles. The summed E-state index contributed by atoms with van der Waals surface area (Å²) in [5, 5.41) is 0. The third kappa shape index (κ3) is 2.94. The Morgan fingerprint density at radius 2 is 1.53 bits per heavy atom. The average molecular weight is 225 g/mol. The summed E-state index contributed by atoms with van der Waals surface area (Å²) in [6.07, 6.45) is 1.47. The van der Waals surface area contributed by atoms with Crippen LogP contribution in [-0.4, -0.2) is 13.1 Å². The summed E-state index contributed by atoms with van der Waals surface area (Å²) >= 11 is 0. The molecule has 2 aromatic rings. The smallest absolute Gasteiger partial charge is 0.314 e. The second kappa shape index (κ2) is 5.30. The van der Waals surface area contributed by atoms with Crippen LogP contribution in [0.4, 0.5) is 0 Å². The van der Waals surface area contributed by atoms with Crippen molar-refractivity contribution in [1.82, 2.24) is 0 Å². The standard InChI is InChI=1S/C15H13O2/c1-17-15(16)11-12-7-9-14(10-8-12)13-5-3-2-4-6-13/h2-11H,1H3. The van der Waals surface area contributed by atoms with Crippen LogP contribution >= 0.6 is 0 Å². The molecular formula is C15H13O2. The molecule has 0 N–H and O–H groups in total. The quantitative estimate of drug-likeness (QED) is 0.750. The molecule has 2 heteroatoms. The van der Waals surface area contributed by atoms with Gasteiger partial charge < -0.3 is 4.74 Å². The van der Waals surface area contributed by atoms with Gasteiger partial charge in [-0.15, -0.1) is 0 Å². The largest absolute Gasteiger partial charge is 0.469 e. The van der Waals surface area contributed by atoms with Crippen LogP contribution in [0.25, 0.3) is 11.1 Å². The highest BCUT2D eigenvalue weighted by atomic mass is 16.5. The maximum Gasteiger partial charge on any atom is 0.314 e. The van der Waals surface area contributed by atoms with Crippen LogP contribution in [0.5, 0.6) is 0 Å². The second-order valence-corrected chi connectivity index (χ2v) is 3.66. The van der Waals surface area contributed by atoms with Crippen LogP contribution in [0, 0.1) is 6.42 Å². The van der Waals surface area contributed by atoms with E-state index >= 15 is 0 Å². The van der Waals surface area contributed by atoms with Gasteiger partial charge in [-0.25, -0.2) is 0 Å². The maximum absolute atomic E-state index is 11.1. The molecule has 0 spiro atoms. The first kappa shape index (κ1) is 11.4. The van der Waals surface area contributed by atoms with Gasteiger partial charge in [-0.2, -0.15) is 0 Å². The lowest BCUT2D eigenvalue weighted by Gasteiger charge is -2.03. The van der Waals surface area contributed by atoms with Gasteiger partial charge in [-0.3, -0.25) is 4.79 Å². The van der Waals surface area contributed by atoms with Gasteiger partial charge >= 0.3 is 5.97 Å². The molecule has 0 unspecified atom stereocenters. The molecular weight excluding hydrogens is 212 g/mol. The van der Waals surface area contributed by atoms with Gasteiger partial charge in [0.25, 0.3) is 0 Å². The molecule has 0 aliphatic rings. The van der Waals surface area contributed by atoms with E-state index in [1.165, 1.54) is 13.5 Å². The lowest BCUT2D eigenvalue weighted by atomic mass is 10.0. The number of hydrogen-bond donors (Lipinski definition) is 0. The summed E-state index contributed by atoms with van der Waals surface area (Å²) in [7, 11) is 1.37. The van der Waals surface area contributed by atoms with Crippen LogP contribution in [0.2, 0.25) is 0 Å². The lowest BCUT2D eigenvalue weighted by Crippen LogP contribution is -2.01. The summed E-state index contributed by atoms with van der Waals surface area (Å²) < 4.78 is 4.57. The number of carbonyl (C=O) groups excluding carboxylic acids is 1. The van der Waals surface area contributed by atoms with Crippen LogP contribution < -0.4 is 0 Å². The highest BCUT2D eigenvalue weighted by Crippen LogP contribution is 2.19. The molecule has 0 saturated heterocycles. The van der Waals surface area contributed by atoms with Gasteiger partial charge in [0.05, 0.1) is 13.5 Å². The van der Waals surface area contributed by atoms with E-state index in [-0.39, 0.29) is 5.97 Å². The normalized spacial score (nSPS) is 9.94. The van der Waals surface area contributed by atoms with Crippen LogP contribution in [-0.2, 0) is 9.53 Å². The number of hydrogen-bond acceptors (Lipinski definition) is 2. The molecule has 1 radical (unpaired) electrons. The van der Waals surface area contributed by atoms with E-state index in [1.807, 2.05) is 42.5 Å². The van der Waals surface area contributed by atoms with Crippen molar-refractivity contribution in [2.24, 2.45) is 0 Å². The predicted molar refractivity (Wildman–Crippen MR) is 67.3 cm³/mol. The zero-order valence-electron chi connectivity index (χ0n) is 9.59. The number of ether oxygens (including phenoxy) is 1. The van der Waals surface area contributed by atoms with Crippen molar-refractivity contribution in [2.45, 2.75) is 0 Å². The molecule has 0 aliphatic carbocycles. The Labute approximate surface area is 101 Å². The molecule has 0 heterocycles. The predicted octanol–water partition coefficient (Wildman–Crippen LogP) is 3.08. The van der Waals surface area contributed by atoms with Gasteiger partial charge in [0.2, 0.25) is 0 Å². The van der Waals surface area contributed by atoms with Crippen LogP contribution in [0.3, 0.4) is 0 Å². The summed E-state index contributed by atoms with van der Waals surface area (Å²) in [5.41, 5.74) is 3.14. The van der Waals surface area contributed by atoms with E-state index in [2.05, 4.69) is 16.9 Å². The number of esters is 1. The molecule has 0 aromatic heterocycles. The van der Waals surface area contributed by atoms with Crippen LogP contribution in [0.1, 0.15) is 5.56 Å². The first-order valence-electron chi connectivity index (χ1n) is 5.38. The summed E-state index contributed by atoms with van der Waals surface area (Å²) in [6.45, 7) is 0. The third-order valence-corrected chi connectivity index (χ3v) is 2.50. The molecule has 0 aliphatic heterocycles. The van der Waals surface area contributed by atoms with E-state index in [9.17, 15) is 4.79 Å². The molecule has 85 valence electrons. The molecule has 0 bridgehead atoms. The van der Waals surface area contributed by atoms with Gasteiger partial charge in [0.1, 0.15) is 0 Å². The van der Waals surface area contributed by atoms with Crippen molar-refractivity contribution >= 4 is 5.97 Å². The van der Waals surface area contributed by atoms with Crippen molar-refractivity contribution in [3.8, 4) is 11.1 Å². The Hall–Kier alpha value is -2.09. The van der Waals surface area contributed by atoms with Crippen LogP contribution in [0.15, 0.2) is 54.6 Å². The zero-order valence-corrected chi connectivity index (χ0v) is 9.59. The minimum Gasteiger partial charge on any atom is -0.469 e. The topological polar surface area (TPSA) is 26.3 Å². The number of rotatable bonds is 3. The lowest BCUT2D eigenvalue weighted by molar-refractivity contribution is -0.136. The van der Waals surface area contributed by atoms with Crippen molar-refractivity contribution < 1.29 is 9.53 Å². The maximum atomic E-state index is 11.1. The first-order valence-corrected chi connectivity index (χ1v) is 5.38. The Kier molecular flexibility index (Phi) is 3.55. The van der Waals surface area contributed by atoms with Crippen molar-refractivity contribution in [1.29, 1.82) is 0 Å². The Balaban J connectivity index is 2.16. The first-order chi connectivity index (χ1) is 8.29. The molecule has 0 atom stereocenters. The number of carbonyl (C=O) groups is 1. The fourth-order valence-electron chi connectivity index (χ4n) is 1.60. The van der Waals surface area contributed by atoms with E-state index in [1.54, 1.807) is 0 Å². The minimum absolute atomic E-state index is 0.336. The molecule has 17 heavy (non-hydrogen) atoms. The Morgan fingerprint density at radius 3 is 2.12 bits per heavy atom. The monoisotopic (exact) mass is 225 g/mol. The summed E-state index contributed by atoms with van der Waals surface area (Å²) in [4.78, 5) is 11.1. The number of benzene rings is 2. The van der Waals surface area contributed by atoms with Gasteiger partial charge in [0, 0.05) is 0 Å². The summed E-state index contributed by atoms with van der Waals surface area (Å²) in [5.74, 6) is -0.336. The van der Waals surface area contributed by atoms with Gasteiger partial charge in [0.15, 0.2) is 0 Å². The Bertz CT molecular complexity index is 486. The molecule has 2 rings (SSSR count). The van der Waals surface area contributed by atoms with Crippen molar-refractivity contribution in [3.05, 3.63) is 66.6 Å². The fraction of sp³-hybridized carbons (Fsp3) is 0.0667. The van der Waals surface area contributed by atoms with E-state index < -0.39 is 0 Å². The minimum atomic E-state index is -0.336. The fourth-order valence-corrected chi connectivity index (χ4v) is 1.60. The molecule has 2 nitrogen and oxygen atoms in total. The van der Waals surface area contributed by atoms with Gasteiger partial charge in [-0.05, 0) is 16.7 Å². The van der Waals surface area contributed by atoms with E-state index in [0.29, 0.717) is 0 Å². The third-order valence-electron chi connectivity index (χ3n) is 2.50. The second-order valence-electron chi connectivity index (χ2n) is 3.66. The average Bonchev–Trinajstić information content (AvgIpc) is 2.40. The van der Waals surface area contributed by atoms with Crippen molar-refractivity contribution in [2.75, 3.05) is 7.11 Å². The molecule has 0 amide bonds. The van der Waals surface area contributed by atoms with E-state index in [0.717, 1.165) is 16.7 Å². The summed E-state index contributed by atoms with van der Waals surface area (Å²) in [6, 6.07) is 17.9. The van der Waals surface area contributed by atoms with E-state index in [4.69, 9.17) is 0 Å². The molecule has 0 fully saturated rings. The Morgan fingerprint density at radius 1 is 0.941 bits per heavy atom. The highest BCUT2D eigenvalue weighted by molar-refractivity contribution is 5.83. The molecule has 2 aromatic carbocycles. The zero-order chi connectivity index (χ0) is 12.1. The number of methoxy groups -OCH3 is 1. The highest BCUT2D eigenvalue weighted by Gasteiger charge is 2.03. The van der Waals surface area contributed by atoms with Gasteiger partial charge in [-0.1, -0.05) is 54.6 Å². The van der Waals surface area contributed by atoms with Crippen molar-refractivity contribution in [3.63, 3.8) is 0 Å².